The smallest absolute Gasteiger partial charge is 0.200 e. The molecule has 0 aromatic rings. The van der Waals surface area contributed by atoms with Crippen LogP contribution in [0.2, 0.25) is 0 Å². The number of rotatable bonds is 0. The topological polar surface area (TPSA) is 71.7 Å². The summed E-state index contributed by atoms with van der Waals surface area (Å²) in [5.74, 6) is 0.679. The van der Waals surface area contributed by atoms with Crippen LogP contribution in [0, 0.1) is 0 Å². The zero-order valence-electron chi connectivity index (χ0n) is 6.45. The Hall–Kier alpha value is -1.33. The zero-order valence-corrected chi connectivity index (χ0v) is 6.45. The van der Waals surface area contributed by atoms with E-state index in [-0.39, 0.29) is 6.29 Å². The van der Waals surface area contributed by atoms with Crippen LogP contribution in [-0.2, 0) is 4.74 Å². The molecule has 5 nitrogen and oxygen atoms in total. The SMILES string of the molecule is NC1NCC2=C(N1)OC=CN=C2. The van der Waals surface area contributed by atoms with E-state index in [0.717, 1.165) is 5.57 Å². The third-order valence-electron chi connectivity index (χ3n) is 1.65. The van der Waals surface area contributed by atoms with Crippen LogP contribution in [0.4, 0.5) is 0 Å². The van der Waals surface area contributed by atoms with Gasteiger partial charge in [-0.05, 0) is 0 Å². The quantitative estimate of drug-likeness (QED) is 0.441. The van der Waals surface area contributed by atoms with Crippen molar-refractivity contribution in [2.45, 2.75) is 6.29 Å². The average molecular weight is 166 g/mol. The van der Waals surface area contributed by atoms with Crippen molar-refractivity contribution in [1.29, 1.82) is 0 Å². The van der Waals surface area contributed by atoms with E-state index in [2.05, 4.69) is 15.6 Å². The minimum Gasteiger partial charge on any atom is -0.447 e. The number of aliphatic imine (C=N–C) groups is 1. The van der Waals surface area contributed by atoms with Crippen LogP contribution >= 0.6 is 0 Å². The van der Waals surface area contributed by atoms with Gasteiger partial charge in [0.25, 0.3) is 0 Å². The van der Waals surface area contributed by atoms with E-state index in [1.807, 2.05) is 0 Å². The molecule has 0 saturated heterocycles. The summed E-state index contributed by atoms with van der Waals surface area (Å²) in [6.07, 6.45) is 4.60. The van der Waals surface area contributed by atoms with E-state index in [1.54, 1.807) is 12.4 Å². The Labute approximate surface area is 70.0 Å². The molecule has 5 heteroatoms. The molecule has 2 aliphatic heterocycles. The standard InChI is InChI=1S/C7H10N4O/c8-7-10-4-5-3-9-1-2-12-6(5)11-7/h1-3,7,10-11H,4,8H2. The highest BCUT2D eigenvalue weighted by molar-refractivity contribution is 5.80. The third kappa shape index (κ3) is 1.32. The highest BCUT2D eigenvalue weighted by Gasteiger charge is 2.16. The molecule has 12 heavy (non-hydrogen) atoms. The molecule has 0 aromatic carbocycles. The van der Waals surface area contributed by atoms with Crippen LogP contribution in [-0.4, -0.2) is 19.0 Å². The second-order valence-electron chi connectivity index (χ2n) is 2.54. The zero-order chi connectivity index (χ0) is 8.39. The van der Waals surface area contributed by atoms with Gasteiger partial charge < -0.3 is 10.1 Å². The van der Waals surface area contributed by atoms with Crippen molar-refractivity contribution in [2.24, 2.45) is 10.7 Å². The second kappa shape index (κ2) is 2.96. The highest BCUT2D eigenvalue weighted by Crippen LogP contribution is 2.08. The van der Waals surface area contributed by atoms with Gasteiger partial charge in [0.2, 0.25) is 5.88 Å². The summed E-state index contributed by atoms with van der Waals surface area (Å²) in [6, 6.07) is 0. The van der Waals surface area contributed by atoms with Crippen molar-refractivity contribution >= 4 is 6.21 Å². The molecule has 2 heterocycles. The van der Waals surface area contributed by atoms with E-state index in [1.165, 1.54) is 6.26 Å². The molecule has 64 valence electrons. The first-order valence-corrected chi connectivity index (χ1v) is 3.70. The summed E-state index contributed by atoms with van der Waals surface area (Å²) in [6.45, 7) is 0.675. The fourth-order valence-corrected chi connectivity index (χ4v) is 1.07. The molecule has 1 atom stereocenters. The number of hydrogen-bond acceptors (Lipinski definition) is 5. The average Bonchev–Trinajstić information content (AvgIpc) is 2.28. The Morgan fingerprint density at radius 3 is 3.50 bits per heavy atom. The van der Waals surface area contributed by atoms with Gasteiger partial charge in [-0.15, -0.1) is 0 Å². The molecular weight excluding hydrogens is 156 g/mol. The number of nitrogens with zero attached hydrogens (tertiary/aromatic N) is 1. The molecule has 0 spiro atoms. The number of hydrogen-bond donors (Lipinski definition) is 3. The predicted octanol–water partition coefficient (Wildman–Crippen LogP) is -0.795. The van der Waals surface area contributed by atoms with Gasteiger partial charge in [-0.25, -0.2) is 0 Å². The Bertz CT molecular complexity index is 269. The monoisotopic (exact) mass is 166 g/mol. The molecule has 2 aliphatic rings. The molecule has 2 rings (SSSR count). The molecule has 0 aromatic heterocycles. The summed E-state index contributed by atoms with van der Waals surface area (Å²) in [5, 5.41) is 5.96. The van der Waals surface area contributed by atoms with E-state index in [0.29, 0.717) is 12.4 Å². The molecule has 0 amide bonds. The van der Waals surface area contributed by atoms with Crippen LogP contribution < -0.4 is 16.4 Å². The Morgan fingerprint density at radius 1 is 1.67 bits per heavy atom. The molecule has 0 saturated carbocycles. The second-order valence-corrected chi connectivity index (χ2v) is 2.54. The van der Waals surface area contributed by atoms with Crippen molar-refractivity contribution in [3.05, 3.63) is 23.9 Å². The largest absolute Gasteiger partial charge is 0.447 e. The fourth-order valence-electron chi connectivity index (χ4n) is 1.07. The normalized spacial score (nSPS) is 27.2. The summed E-state index contributed by atoms with van der Waals surface area (Å²) < 4.78 is 5.22. The molecule has 0 aliphatic carbocycles. The summed E-state index contributed by atoms with van der Waals surface area (Å²) in [7, 11) is 0. The van der Waals surface area contributed by atoms with Crippen molar-refractivity contribution in [3.63, 3.8) is 0 Å². The molecule has 0 radical (unpaired) electrons. The number of ether oxygens (including phenoxy) is 1. The van der Waals surface area contributed by atoms with Crippen LogP contribution in [0.3, 0.4) is 0 Å². The lowest BCUT2D eigenvalue weighted by molar-refractivity contribution is 0.270. The van der Waals surface area contributed by atoms with Crippen molar-refractivity contribution < 1.29 is 4.74 Å². The van der Waals surface area contributed by atoms with E-state index in [9.17, 15) is 0 Å². The van der Waals surface area contributed by atoms with Crippen LogP contribution in [0.1, 0.15) is 0 Å². The van der Waals surface area contributed by atoms with Crippen molar-refractivity contribution in [3.8, 4) is 0 Å². The summed E-state index contributed by atoms with van der Waals surface area (Å²) >= 11 is 0. The Morgan fingerprint density at radius 2 is 2.58 bits per heavy atom. The highest BCUT2D eigenvalue weighted by atomic mass is 16.5. The molecule has 1 unspecified atom stereocenters. The van der Waals surface area contributed by atoms with Gasteiger partial charge in [-0.3, -0.25) is 16.0 Å². The molecular formula is C7H10N4O. The molecule has 0 fully saturated rings. The number of nitrogens with one attached hydrogen (secondary N) is 2. The maximum atomic E-state index is 5.59. The first-order valence-electron chi connectivity index (χ1n) is 3.70. The first kappa shape index (κ1) is 7.33. The van der Waals surface area contributed by atoms with Crippen molar-refractivity contribution in [2.75, 3.05) is 6.54 Å². The lowest BCUT2D eigenvalue weighted by atomic mass is 10.2. The summed E-state index contributed by atoms with van der Waals surface area (Å²) in [5.41, 5.74) is 6.56. The van der Waals surface area contributed by atoms with Crippen LogP contribution in [0.25, 0.3) is 0 Å². The fraction of sp³-hybridized carbons (Fsp3) is 0.286. The van der Waals surface area contributed by atoms with Gasteiger partial charge in [-0.1, -0.05) is 0 Å². The van der Waals surface area contributed by atoms with Gasteiger partial charge in [0.15, 0.2) is 0 Å². The van der Waals surface area contributed by atoms with Crippen LogP contribution in [0.15, 0.2) is 28.9 Å². The minimum absolute atomic E-state index is 0.247. The van der Waals surface area contributed by atoms with Gasteiger partial charge in [0, 0.05) is 18.3 Å². The van der Waals surface area contributed by atoms with Crippen molar-refractivity contribution in [1.82, 2.24) is 10.6 Å². The Balaban J connectivity index is 2.23. The van der Waals surface area contributed by atoms with Gasteiger partial charge in [0.1, 0.15) is 12.6 Å². The maximum absolute atomic E-state index is 5.59. The van der Waals surface area contributed by atoms with E-state index in [4.69, 9.17) is 10.5 Å². The number of nitrogens with two attached hydrogens (primary N) is 1. The van der Waals surface area contributed by atoms with Gasteiger partial charge in [0.05, 0.1) is 6.20 Å². The maximum Gasteiger partial charge on any atom is 0.200 e. The third-order valence-corrected chi connectivity index (χ3v) is 1.65. The molecule has 0 bridgehead atoms. The van der Waals surface area contributed by atoms with Gasteiger partial charge in [-0.2, -0.15) is 0 Å². The van der Waals surface area contributed by atoms with Crippen LogP contribution in [0.5, 0.6) is 0 Å². The Kier molecular flexibility index (Phi) is 1.81. The summed E-state index contributed by atoms with van der Waals surface area (Å²) in [4.78, 5) is 3.97. The molecule has 4 N–H and O–H groups in total. The minimum atomic E-state index is -0.247. The van der Waals surface area contributed by atoms with E-state index >= 15 is 0 Å². The predicted molar refractivity (Wildman–Crippen MR) is 44.9 cm³/mol. The lowest BCUT2D eigenvalue weighted by Crippen LogP contribution is -2.53. The van der Waals surface area contributed by atoms with E-state index < -0.39 is 0 Å². The van der Waals surface area contributed by atoms with Gasteiger partial charge >= 0.3 is 0 Å². The first-order chi connectivity index (χ1) is 5.86. The lowest BCUT2D eigenvalue weighted by Gasteiger charge is -2.24.